The van der Waals surface area contributed by atoms with Gasteiger partial charge in [-0.25, -0.2) is 0 Å². The monoisotopic (exact) mass is 307 g/mol. The quantitative estimate of drug-likeness (QED) is 0.892. The number of rotatable bonds is 2. The lowest BCUT2D eigenvalue weighted by molar-refractivity contribution is -0.138. The van der Waals surface area contributed by atoms with Crippen LogP contribution in [0.2, 0.25) is 0 Å². The van der Waals surface area contributed by atoms with Crippen molar-refractivity contribution >= 4 is 23.2 Å². The third-order valence-electron chi connectivity index (χ3n) is 4.46. The van der Waals surface area contributed by atoms with E-state index in [0.29, 0.717) is 26.2 Å². The van der Waals surface area contributed by atoms with Crippen molar-refractivity contribution in [2.75, 3.05) is 32.7 Å². The van der Waals surface area contributed by atoms with Gasteiger partial charge in [-0.05, 0) is 37.8 Å². The fraction of sp³-hybridized carbons (Fsp3) is 0.600. The molecule has 2 fully saturated rings. The molecule has 2 saturated heterocycles. The molecule has 0 spiro atoms. The highest BCUT2D eigenvalue weighted by Gasteiger charge is 2.40. The van der Waals surface area contributed by atoms with Gasteiger partial charge >= 0.3 is 0 Å². The van der Waals surface area contributed by atoms with Gasteiger partial charge in [-0.2, -0.15) is 11.3 Å². The molecular formula is C15H21N3O2S. The van der Waals surface area contributed by atoms with Gasteiger partial charge in [-0.3, -0.25) is 9.59 Å². The van der Waals surface area contributed by atoms with Gasteiger partial charge in [0.1, 0.15) is 0 Å². The summed E-state index contributed by atoms with van der Waals surface area (Å²) in [6.45, 7) is 5.41. The van der Waals surface area contributed by atoms with Crippen molar-refractivity contribution in [3.8, 4) is 0 Å². The number of nitrogens with one attached hydrogen (secondary N) is 1. The molecule has 2 amide bonds. The number of amides is 2. The van der Waals surface area contributed by atoms with Gasteiger partial charge in [0.15, 0.2) is 0 Å². The predicted octanol–water partition coefficient (Wildman–Crippen LogP) is 1.17. The topological polar surface area (TPSA) is 52.7 Å². The molecule has 1 aromatic heterocycles. The number of hydrogen-bond acceptors (Lipinski definition) is 4. The van der Waals surface area contributed by atoms with Crippen LogP contribution in [0.5, 0.6) is 0 Å². The van der Waals surface area contributed by atoms with E-state index in [1.807, 2.05) is 33.6 Å². The minimum atomic E-state index is -0.403. The van der Waals surface area contributed by atoms with Gasteiger partial charge in [0.2, 0.25) is 5.91 Å². The standard InChI is InChI=1S/C15H21N3O2S/c1-15(4-2-5-16-15)14(20)18-8-6-17(7-9-18)13(19)12-3-10-21-11-12/h3,10-11,16H,2,4-9H2,1H3. The van der Waals surface area contributed by atoms with Crippen LogP contribution in [0.1, 0.15) is 30.1 Å². The molecule has 1 atom stereocenters. The Balaban J connectivity index is 1.58. The maximum atomic E-state index is 12.6. The number of hydrogen-bond donors (Lipinski definition) is 1. The SMILES string of the molecule is CC1(C(=O)N2CCN(C(=O)c3ccsc3)CC2)CCCN1. The largest absolute Gasteiger partial charge is 0.338 e. The normalized spacial score (nSPS) is 26.1. The molecule has 1 N–H and O–H groups in total. The van der Waals surface area contributed by atoms with Crippen molar-refractivity contribution in [1.82, 2.24) is 15.1 Å². The molecule has 0 saturated carbocycles. The van der Waals surface area contributed by atoms with E-state index in [1.165, 1.54) is 11.3 Å². The Morgan fingerprint density at radius 2 is 1.95 bits per heavy atom. The minimum absolute atomic E-state index is 0.0774. The van der Waals surface area contributed by atoms with E-state index >= 15 is 0 Å². The van der Waals surface area contributed by atoms with Crippen molar-refractivity contribution in [3.63, 3.8) is 0 Å². The summed E-state index contributed by atoms with van der Waals surface area (Å²) in [6.07, 6.45) is 1.96. The van der Waals surface area contributed by atoms with Crippen LogP contribution in [0.15, 0.2) is 16.8 Å². The molecule has 0 bridgehead atoms. The Morgan fingerprint density at radius 1 is 1.24 bits per heavy atom. The number of carbonyl (C=O) groups is 2. The van der Waals surface area contributed by atoms with Crippen LogP contribution in [0.3, 0.4) is 0 Å². The van der Waals surface area contributed by atoms with E-state index in [-0.39, 0.29) is 11.8 Å². The summed E-state index contributed by atoms with van der Waals surface area (Å²) in [6, 6.07) is 1.86. The molecule has 3 rings (SSSR count). The molecule has 3 heterocycles. The summed E-state index contributed by atoms with van der Waals surface area (Å²) in [7, 11) is 0. The van der Waals surface area contributed by atoms with Crippen LogP contribution in [0, 0.1) is 0 Å². The molecule has 1 aromatic rings. The van der Waals surface area contributed by atoms with E-state index in [9.17, 15) is 9.59 Å². The molecule has 0 radical (unpaired) electrons. The molecule has 2 aliphatic heterocycles. The van der Waals surface area contributed by atoms with Crippen molar-refractivity contribution in [2.45, 2.75) is 25.3 Å². The summed E-state index contributed by atoms with van der Waals surface area (Å²) in [5.74, 6) is 0.260. The Labute approximate surface area is 128 Å². The van der Waals surface area contributed by atoms with E-state index in [1.54, 1.807) is 0 Å². The number of thiophene rings is 1. The first-order chi connectivity index (χ1) is 10.1. The van der Waals surface area contributed by atoms with Crippen LogP contribution in [-0.2, 0) is 4.79 Å². The first kappa shape index (κ1) is 14.5. The second kappa shape index (κ2) is 5.77. The van der Waals surface area contributed by atoms with E-state index < -0.39 is 5.54 Å². The Hall–Kier alpha value is -1.40. The van der Waals surface area contributed by atoms with Crippen LogP contribution in [0.25, 0.3) is 0 Å². The number of nitrogens with zero attached hydrogens (tertiary/aromatic N) is 2. The summed E-state index contributed by atoms with van der Waals surface area (Å²) < 4.78 is 0. The van der Waals surface area contributed by atoms with Crippen molar-refractivity contribution in [1.29, 1.82) is 0 Å². The maximum Gasteiger partial charge on any atom is 0.254 e. The molecule has 5 nitrogen and oxygen atoms in total. The summed E-state index contributed by atoms with van der Waals surface area (Å²) >= 11 is 1.53. The highest BCUT2D eigenvalue weighted by Crippen LogP contribution is 2.22. The Kier molecular flexibility index (Phi) is 3.99. The third kappa shape index (κ3) is 2.82. The Morgan fingerprint density at radius 3 is 2.52 bits per heavy atom. The lowest BCUT2D eigenvalue weighted by Crippen LogP contribution is -2.58. The van der Waals surface area contributed by atoms with Crippen LogP contribution in [-0.4, -0.2) is 59.9 Å². The number of piperazine rings is 1. The molecule has 1 unspecified atom stereocenters. The molecule has 114 valence electrons. The van der Waals surface area contributed by atoms with Crippen LogP contribution >= 0.6 is 11.3 Å². The smallest absolute Gasteiger partial charge is 0.254 e. The summed E-state index contributed by atoms with van der Waals surface area (Å²) in [5, 5.41) is 7.11. The summed E-state index contributed by atoms with van der Waals surface area (Å²) in [5.41, 5.74) is 0.351. The van der Waals surface area contributed by atoms with Crippen molar-refractivity contribution in [3.05, 3.63) is 22.4 Å². The third-order valence-corrected chi connectivity index (χ3v) is 5.15. The highest BCUT2D eigenvalue weighted by atomic mass is 32.1. The van der Waals surface area contributed by atoms with Gasteiger partial charge in [0, 0.05) is 31.6 Å². The van der Waals surface area contributed by atoms with Crippen LogP contribution < -0.4 is 5.32 Å². The highest BCUT2D eigenvalue weighted by molar-refractivity contribution is 7.08. The maximum absolute atomic E-state index is 12.6. The number of carbonyl (C=O) groups excluding carboxylic acids is 2. The first-order valence-electron chi connectivity index (χ1n) is 7.46. The average molecular weight is 307 g/mol. The van der Waals surface area contributed by atoms with E-state index in [0.717, 1.165) is 24.9 Å². The van der Waals surface area contributed by atoms with Gasteiger partial charge in [0.05, 0.1) is 11.1 Å². The van der Waals surface area contributed by atoms with Crippen LogP contribution in [0.4, 0.5) is 0 Å². The van der Waals surface area contributed by atoms with Gasteiger partial charge in [-0.1, -0.05) is 0 Å². The first-order valence-corrected chi connectivity index (χ1v) is 8.40. The molecule has 2 aliphatic rings. The molecule has 0 aromatic carbocycles. The molecule has 21 heavy (non-hydrogen) atoms. The molecule has 0 aliphatic carbocycles. The lowest BCUT2D eigenvalue weighted by Gasteiger charge is -2.38. The van der Waals surface area contributed by atoms with Gasteiger partial charge in [0.25, 0.3) is 5.91 Å². The zero-order valence-corrected chi connectivity index (χ0v) is 13.1. The second-order valence-corrected chi connectivity index (χ2v) is 6.74. The van der Waals surface area contributed by atoms with Crippen molar-refractivity contribution in [2.24, 2.45) is 0 Å². The van der Waals surface area contributed by atoms with Crippen molar-refractivity contribution < 1.29 is 9.59 Å². The van der Waals surface area contributed by atoms with Gasteiger partial charge in [-0.15, -0.1) is 0 Å². The van der Waals surface area contributed by atoms with E-state index in [2.05, 4.69) is 5.32 Å². The predicted molar refractivity (Wildman–Crippen MR) is 82.4 cm³/mol. The minimum Gasteiger partial charge on any atom is -0.338 e. The zero-order valence-electron chi connectivity index (χ0n) is 12.3. The molecule has 6 heteroatoms. The zero-order chi connectivity index (χ0) is 14.9. The summed E-state index contributed by atoms with van der Waals surface area (Å²) in [4.78, 5) is 28.6. The Bertz CT molecular complexity index is 515. The molecular weight excluding hydrogens is 286 g/mol. The second-order valence-electron chi connectivity index (χ2n) is 5.96. The fourth-order valence-electron chi connectivity index (χ4n) is 3.11. The van der Waals surface area contributed by atoms with Gasteiger partial charge < -0.3 is 15.1 Å². The average Bonchev–Trinajstić information content (AvgIpc) is 3.18. The van der Waals surface area contributed by atoms with E-state index in [4.69, 9.17) is 0 Å². The fourth-order valence-corrected chi connectivity index (χ4v) is 3.74. The lowest BCUT2D eigenvalue weighted by atomic mass is 9.98.